The highest BCUT2D eigenvalue weighted by Gasteiger charge is 2.05. The number of pyridine rings is 1. The van der Waals surface area contributed by atoms with Crippen molar-refractivity contribution in [3.63, 3.8) is 0 Å². The Morgan fingerprint density at radius 3 is 2.59 bits per heavy atom. The largest absolute Gasteiger partial charge is 0.376 e. The number of rotatable bonds is 10. The molecule has 0 fully saturated rings. The van der Waals surface area contributed by atoms with Gasteiger partial charge >= 0.3 is 0 Å². The first kappa shape index (κ1) is 25.2. The molecule has 0 bridgehead atoms. The number of anilines is 1. The lowest BCUT2D eigenvalue weighted by Gasteiger charge is -2.16. The summed E-state index contributed by atoms with van der Waals surface area (Å²) in [4.78, 5) is 11.0. The van der Waals surface area contributed by atoms with Crippen LogP contribution in [0.1, 0.15) is 25.0 Å². The number of halogens is 1. The Morgan fingerprint density at radius 1 is 1.14 bits per heavy atom. The normalized spacial score (nSPS) is 12.1. The monoisotopic (exact) mass is 511 g/mol. The summed E-state index contributed by atoms with van der Waals surface area (Å²) in [5.41, 5.74) is 2.34. The molecule has 6 nitrogen and oxygen atoms in total. The second-order valence-electron chi connectivity index (χ2n) is 7.10. The quantitative estimate of drug-likeness (QED) is 0.290. The molecule has 1 atom stereocenters. The zero-order chi connectivity index (χ0) is 20.2. The summed E-state index contributed by atoms with van der Waals surface area (Å²) in [6.07, 6.45) is 1.83. The first-order valence-electron chi connectivity index (χ1n) is 9.84. The molecule has 1 aromatic heterocycles. The summed E-state index contributed by atoms with van der Waals surface area (Å²) >= 11 is 0. The molecule has 2 rings (SSSR count). The van der Waals surface area contributed by atoms with Crippen LogP contribution in [0.4, 0.5) is 5.82 Å². The molecule has 160 valence electrons. The van der Waals surface area contributed by atoms with E-state index in [2.05, 4.69) is 47.7 Å². The minimum Gasteiger partial charge on any atom is -0.376 e. The molecule has 0 radical (unpaired) electrons. The summed E-state index contributed by atoms with van der Waals surface area (Å²) in [6.45, 7) is 7.84. The van der Waals surface area contributed by atoms with Crippen LogP contribution in [0.2, 0.25) is 0 Å². The van der Waals surface area contributed by atoms with E-state index in [-0.39, 0.29) is 24.0 Å². The lowest BCUT2D eigenvalue weighted by atomic mass is 10.2. The highest BCUT2D eigenvalue weighted by Crippen LogP contribution is 2.10. The molecule has 0 aliphatic carbocycles. The third-order valence-electron chi connectivity index (χ3n) is 4.16. The Kier molecular flexibility index (Phi) is 12.3. The summed E-state index contributed by atoms with van der Waals surface area (Å²) in [7, 11) is 3.98. The third-order valence-corrected chi connectivity index (χ3v) is 4.16. The fourth-order valence-corrected chi connectivity index (χ4v) is 2.60. The SMILES string of the molecule is CCNC(=NCc1ccnc(N(C)C)c1)NCC(C)COCc1ccccc1.I. The summed E-state index contributed by atoms with van der Waals surface area (Å²) in [5, 5.41) is 6.71. The molecule has 0 aliphatic rings. The maximum absolute atomic E-state index is 5.83. The Morgan fingerprint density at radius 2 is 1.90 bits per heavy atom. The molecule has 29 heavy (non-hydrogen) atoms. The smallest absolute Gasteiger partial charge is 0.191 e. The number of aromatic nitrogens is 1. The lowest BCUT2D eigenvalue weighted by molar-refractivity contribution is 0.0931. The van der Waals surface area contributed by atoms with Crippen molar-refractivity contribution in [2.75, 3.05) is 38.7 Å². The molecule has 1 aromatic carbocycles. The second kappa shape index (κ2) is 14.2. The van der Waals surface area contributed by atoms with E-state index in [1.165, 1.54) is 5.56 Å². The third kappa shape index (κ3) is 9.94. The first-order valence-corrected chi connectivity index (χ1v) is 9.84. The molecule has 1 heterocycles. The Bertz CT molecular complexity index is 724. The molecule has 2 N–H and O–H groups in total. The maximum Gasteiger partial charge on any atom is 0.191 e. The van der Waals surface area contributed by atoms with Gasteiger partial charge in [0, 0.05) is 33.4 Å². The number of hydrogen-bond donors (Lipinski definition) is 2. The van der Waals surface area contributed by atoms with Crippen LogP contribution in [0.5, 0.6) is 0 Å². The van der Waals surface area contributed by atoms with Crippen molar-refractivity contribution >= 4 is 35.8 Å². The van der Waals surface area contributed by atoms with Crippen LogP contribution in [0.25, 0.3) is 0 Å². The van der Waals surface area contributed by atoms with Crippen molar-refractivity contribution in [2.45, 2.75) is 27.0 Å². The van der Waals surface area contributed by atoms with Crippen LogP contribution in [0.15, 0.2) is 53.7 Å². The number of guanidine groups is 1. The number of hydrogen-bond acceptors (Lipinski definition) is 4. The Labute approximate surface area is 192 Å². The van der Waals surface area contributed by atoms with Crippen molar-refractivity contribution in [3.05, 3.63) is 59.8 Å². The molecule has 2 aromatic rings. The molecule has 7 heteroatoms. The van der Waals surface area contributed by atoms with Crippen LogP contribution in [-0.2, 0) is 17.9 Å². The van der Waals surface area contributed by atoms with Gasteiger partial charge in [-0.3, -0.25) is 0 Å². The predicted molar refractivity (Wildman–Crippen MR) is 132 cm³/mol. The first-order chi connectivity index (χ1) is 13.6. The molecule has 0 saturated heterocycles. The fraction of sp³-hybridized carbons (Fsp3) is 0.455. The molecule has 0 saturated carbocycles. The van der Waals surface area contributed by atoms with E-state index in [9.17, 15) is 0 Å². The minimum atomic E-state index is 0. The number of aliphatic imine (C=N–C) groups is 1. The van der Waals surface area contributed by atoms with Gasteiger partial charge in [0.25, 0.3) is 0 Å². The van der Waals surface area contributed by atoms with Gasteiger partial charge in [-0.2, -0.15) is 0 Å². The van der Waals surface area contributed by atoms with E-state index in [0.29, 0.717) is 25.7 Å². The molecular weight excluding hydrogens is 477 g/mol. The molecule has 1 unspecified atom stereocenters. The van der Waals surface area contributed by atoms with Crippen LogP contribution in [0, 0.1) is 5.92 Å². The molecule has 0 amide bonds. The highest BCUT2D eigenvalue weighted by molar-refractivity contribution is 14.0. The standard InChI is InChI=1S/C22H33N5O.HI/c1-5-23-22(26-15-20-11-12-24-21(13-20)27(3)4)25-14-18(2)16-28-17-19-9-7-6-8-10-19;/h6-13,18H,5,14-17H2,1-4H3,(H2,23,25,26);1H. The topological polar surface area (TPSA) is 61.8 Å². The fourth-order valence-electron chi connectivity index (χ4n) is 2.60. The zero-order valence-corrected chi connectivity index (χ0v) is 20.2. The average Bonchev–Trinajstić information content (AvgIpc) is 2.71. The van der Waals surface area contributed by atoms with Crippen LogP contribution in [-0.4, -0.2) is 44.7 Å². The molecule has 0 aliphatic heterocycles. The molecule has 0 spiro atoms. The van der Waals surface area contributed by atoms with Crippen molar-refractivity contribution in [1.82, 2.24) is 15.6 Å². The number of benzene rings is 1. The van der Waals surface area contributed by atoms with Crippen molar-refractivity contribution in [1.29, 1.82) is 0 Å². The Hall–Kier alpha value is -1.87. The van der Waals surface area contributed by atoms with E-state index in [1.807, 2.05) is 49.5 Å². The van der Waals surface area contributed by atoms with E-state index < -0.39 is 0 Å². The number of ether oxygens (including phenoxy) is 1. The van der Waals surface area contributed by atoms with E-state index in [4.69, 9.17) is 9.73 Å². The van der Waals surface area contributed by atoms with Gasteiger partial charge in [0.05, 0.1) is 19.8 Å². The maximum atomic E-state index is 5.83. The van der Waals surface area contributed by atoms with E-state index in [1.54, 1.807) is 0 Å². The van der Waals surface area contributed by atoms with Crippen LogP contribution >= 0.6 is 24.0 Å². The number of nitrogens with zero attached hydrogens (tertiary/aromatic N) is 3. The lowest BCUT2D eigenvalue weighted by Crippen LogP contribution is -2.40. The van der Waals surface area contributed by atoms with Gasteiger partial charge in [0.1, 0.15) is 5.82 Å². The highest BCUT2D eigenvalue weighted by atomic mass is 127. The Balaban J connectivity index is 0.00000420. The predicted octanol–water partition coefficient (Wildman–Crippen LogP) is 3.67. The van der Waals surface area contributed by atoms with Crippen molar-refractivity contribution in [3.8, 4) is 0 Å². The van der Waals surface area contributed by atoms with Crippen molar-refractivity contribution in [2.24, 2.45) is 10.9 Å². The van der Waals surface area contributed by atoms with Gasteiger partial charge in [-0.05, 0) is 36.1 Å². The van der Waals surface area contributed by atoms with Gasteiger partial charge in [-0.25, -0.2) is 9.98 Å². The van der Waals surface area contributed by atoms with Gasteiger partial charge in [0.2, 0.25) is 0 Å². The van der Waals surface area contributed by atoms with Crippen LogP contribution in [0.3, 0.4) is 0 Å². The van der Waals surface area contributed by atoms with Crippen molar-refractivity contribution < 1.29 is 4.74 Å². The summed E-state index contributed by atoms with van der Waals surface area (Å²) in [5.74, 6) is 2.14. The average molecular weight is 511 g/mol. The minimum absolute atomic E-state index is 0. The number of nitrogens with one attached hydrogen (secondary N) is 2. The van der Waals surface area contributed by atoms with E-state index >= 15 is 0 Å². The van der Waals surface area contributed by atoms with Gasteiger partial charge in [-0.15, -0.1) is 24.0 Å². The summed E-state index contributed by atoms with van der Waals surface area (Å²) < 4.78 is 5.83. The molecular formula is C22H34IN5O. The second-order valence-corrected chi connectivity index (χ2v) is 7.10. The van der Waals surface area contributed by atoms with Gasteiger partial charge < -0.3 is 20.3 Å². The van der Waals surface area contributed by atoms with Crippen LogP contribution < -0.4 is 15.5 Å². The van der Waals surface area contributed by atoms with Gasteiger partial charge in [-0.1, -0.05) is 37.3 Å². The van der Waals surface area contributed by atoms with E-state index in [0.717, 1.165) is 30.4 Å². The zero-order valence-electron chi connectivity index (χ0n) is 17.9. The summed E-state index contributed by atoms with van der Waals surface area (Å²) in [6, 6.07) is 14.3. The van der Waals surface area contributed by atoms with Gasteiger partial charge in [0.15, 0.2) is 5.96 Å².